The van der Waals surface area contributed by atoms with E-state index in [9.17, 15) is 0 Å². The first-order valence-electron chi connectivity index (χ1n) is 6.28. The standard InChI is InChI=1S/C13H22N2O/c1-10(4-7-13-3-2-8-16-13)15-12-6-5-11(14)9-12/h2-3,8,10-12,15H,4-7,9,14H2,1H3. The van der Waals surface area contributed by atoms with Gasteiger partial charge in [-0.3, -0.25) is 0 Å². The summed E-state index contributed by atoms with van der Waals surface area (Å²) < 4.78 is 5.32. The Kier molecular flexibility index (Phi) is 4.02. The molecule has 3 heteroatoms. The van der Waals surface area contributed by atoms with Crippen molar-refractivity contribution in [3.63, 3.8) is 0 Å². The molecule has 2 rings (SSSR count). The zero-order valence-electron chi connectivity index (χ0n) is 9.99. The zero-order chi connectivity index (χ0) is 11.4. The van der Waals surface area contributed by atoms with Gasteiger partial charge in [0.2, 0.25) is 0 Å². The molecule has 1 saturated carbocycles. The van der Waals surface area contributed by atoms with Gasteiger partial charge in [-0.05, 0) is 44.7 Å². The van der Waals surface area contributed by atoms with Gasteiger partial charge in [0.15, 0.2) is 0 Å². The van der Waals surface area contributed by atoms with Crippen molar-refractivity contribution >= 4 is 0 Å². The Hall–Kier alpha value is -0.800. The van der Waals surface area contributed by atoms with Gasteiger partial charge in [-0.1, -0.05) is 0 Å². The van der Waals surface area contributed by atoms with Crippen molar-refractivity contribution in [3.05, 3.63) is 24.2 Å². The minimum Gasteiger partial charge on any atom is -0.469 e. The molecule has 0 saturated heterocycles. The highest BCUT2D eigenvalue weighted by atomic mass is 16.3. The van der Waals surface area contributed by atoms with Crippen LogP contribution in [0.3, 0.4) is 0 Å². The van der Waals surface area contributed by atoms with Crippen molar-refractivity contribution in [2.75, 3.05) is 0 Å². The van der Waals surface area contributed by atoms with Crippen molar-refractivity contribution in [2.45, 2.75) is 57.2 Å². The van der Waals surface area contributed by atoms with E-state index in [4.69, 9.17) is 10.2 Å². The largest absolute Gasteiger partial charge is 0.469 e. The van der Waals surface area contributed by atoms with Crippen molar-refractivity contribution in [3.8, 4) is 0 Å². The second-order valence-corrected chi connectivity index (χ2v) is 4.96. The lowest BCUT2D eigenvalue weighted by molar-refractivity contribution is 0.412. The van der Waals surface area contributed by atoms with E-state index in [1.165, 1.54) is 12.8 Å². The molecule has 1 aliphatic rings. The lowest BCUT2D eigenvalue weighted by atomic mass is 10.1. The molecule has 1 aliphatic carbocycles. The van der Waals surface area contributed by atoms with E-state index in [1.807, 2.05) is 12.1 Å². The summed E-state index contributed by atoms with van der Waals surface area (Å²) in [6.07, 6.45) is 7.41. The predicted octanol–water partition coefficient (Wildman–Crippen LogP) is 2.07. The molecule has 0 amide bonds. The maximum absolute atomic E-state index is 5.90. The number of nitrogens with one attached hydrogen (secondary N) is 1. The van der Waals surface area contributed by atoms with E-state index in [1.54, 1.807) is 6.26 Å². The lowest BCUT2D eigenvalue weighted by Gasteiger charge is -2.18. The molecule has 3 N–H and O–H groups in total. The predicted molar refractivity (Wildman–Crippen MR) is 65.2 cm³/mol. The first-order valence-corrected chi connectivity index (χ1v) is 6.28. The van der Waals surface area contributed by atoms with Gasteiger partial charge in [-0.2, -0.15) is 0 Å². The maximum Gasteiger partial charge on any atom is 0.103 e. The van der Waals surface area contributed by atoms with Gasteiger partial charge in [0.1, 0.15) is 5.76 Å². The Morgan fingerprint density at radius 1 is 1.56 bits per heavy atom. The molecule has 3 nitrogen and oxygen atoms in total. The summed E-state index contributed by atoms with van der Waals surface area (Å²) in [4.78, 5) is 0. The first kappa shape index (κ1) is 11.7. The van der Waals surface area contributed by atoms with E-state index < -0.39 is 0 Å². The fraction of sp³-hybridized carbons (Fsp3) is 0.692. The second kappa shape index (κ2) is 5.51. The summed E-state index contributed by atoms with van der Waals surface area (Å²) in [7, 11) is 0. The fourth-order valence-corrected chi connectivity index (χ4v) is 2.47. The topological polar surface area (TPSA) is 51.2 Å². The molecule has 1 fully saturated rings. The van der Waals surface area contributed by atoms with Crippen LogP contribution in [0, 0.1) is 0 Å². The third-order valence-corrected chi connectivity index (χ3v) is 3.40. The second-order valence-electron chi connectivity index (χ2n) is 4.96. The van der Waals surface area contributed by atoms with E-state index in [-0.39, 0.29) is 0 Å². The van der Waals surface area contributed by atoms with Gasteiger partial charge in [0.05, 0.1) is 6.26 Å². The quantitative estimate of drug-likeness (QED) is 0.802. The summed E-state index contributed by atoms with van der Waals surface area (Å²) in [6, 6.07) is 5.57. The van der Waals surface area contributed by atoms with Crippen LogP contribution in [0.1, 0.15) is 38.4 Å². The molecule has 3 unspecified atom stereocenters. The number of hydrogen-bond donors (Lipinski definition) is 2. The smallest absolute Gasteiger partial charge is 0.103 e. The van der Waals surface area contributed by atoms with Crippen molar-refractivity contribution in [1.29, 1.82) is 0 Å². The van der Waals surface area contributed by atoms with Crippen LogP contribution >= 0.6 is 0 Å². The van der Waals surface area contributed by atoms with Gasteiger partial charge >= 0.3 is 0 Å². The molecule has 1 aromatic heterocycles. The minimum atomic E-state index is 0.412. The molecule has 0 bridgehead atoms. The Morgan fingerprint density at radius 3 is 3.06 bits per heavy atom. The number of nitrogens with two attached hydrogens (primary N) is 1. The molecule has 1 aromatic rings. The average Bonchev–Trinajstić information content (AvgIpc) is 2.87. The van der Waals surface area contributed by atoms with E-state index in [2.05, 4.69) is 12.2 Å². The monoisotopic (exact) mass is 222 g/mol. The molecule has 90 valence electrons. The van der Waals surface area contributed by atoms with Crippen LogP contribution in [0.2, 0.25) is 0 Å². The van der Waals surface area contributed by atoms with E-state index >= 15 is 0 Å². The number of rotatable bonds is 5. The van der Waals surface area contributed by atoms with Crippen LogP contribution in [0.4, 0.5) is 0 Å². The highest BCUT2D eigenvalue weighted by molar-refractivity contribution is 4.98. The molecule has 0 spiro atoms. The molecular formula is C13H22N2O. The molecule has 16 heavy (non-hydrogen) atoms. The summed E-state index contributed by atoms with van der Waals surface area (Å²) in [5.74, 6) is 1.08. The lowest BCUT2D eigenvalue weighted by Crippen LogP contribution is -2.36. The Bertz CT molecular complexity index is 297. The van der Waals surface area contributed by atoms with Gasteiger partial charge in [0, 0.05) is 24.5 Å². The summed E-state index contributed by atoms with van der Waals surface area (Å²) >= 11 is 0. The van der Waals surface area contributed by atoms with Crippen LogP contribution in [0.25, 0.3) is 0 Å². The van der Waals surface area contributed by atoms with Crippen LogP contribution < -0.4 is 11.1 Å². The maximum atomic E-state index is 5.90. The Morgan fingerprint density at radius 2 is 2.44 bits per heavy atom. The number of aryl methyl sites for hydroxylation is 1. The highest BCUT2D eigenvalue weighted by Crippen LogP contribution is 2.18. The molecular weight excluding hydrogens is 200 g/mol. The normalized spacial score (nSPS) is 27.1. The van der Waals surface area contributed by atoms with Crippen molar-refractivity contribution in [2.24, 2.45) is 5.73 Å². The minimum absolute atomic E-state index is 0.412. The molecule has 0 aromatic carbocycles. The fourth-order valence-electron chi connectivity index (χ4n) is 2.47. The van der Waals surface area contributed by atoms with Crippen LogP contribution in [0.15, 0.2) is 22.8 Å². The molecule has 0 aliphatic heterocycles. The van der Waals surface area contributed by atoms with E-state index in [0.717, 1.165) is 25.0 Å². The van der Waals surface area contributed by atoms with Gasteiger partial charge in [-0.15, -0.1) is 0 Å². The average molecular weight is 222 g/mol. The SMILES string of the molecule is CC(CCc1ccco1)NC1CCC(N)C1. The molecule has 1 heterocycles. The van der Waals surface area contributed by atoms with Crippen LogP contribution in [-0.2, 0) is 6.42 Å². The number of hydrogen-bond acceptors (Lipinski definition) is 3. The Labute approximate surface area is 97.4 Å². The van der Waals surface area contributed by atoms with Gasteiger partial charge in [0.25, 0.3) is 0 Å². The summed E-state index contributed by atoms with van der Waals surface area (Å²) in [6.45, 7) is 2.24. The van der Waals surface area contributed by atoms with Crippen molar-refractivity contribution in [1.82, 2.24) is 5.32 Å². The summed E-state index contributed by atoms with van der Waals surface area (Å²) in [5, 5.41) is 3.65. The molecule has 3 atom stereocenters. The van der Waals surface area contributed by atoms with Crippen LogP contribution in [-0.4, -0.2) is 18.1 Å². The first-order chi connectivity index (χ1) is 7.74. The summed E-state index contributed by atoms with van der Waals surface area (Å²) in [5.41, 5.74) is 5.90. The van der Waals surface area contributed by atoms with Crippen LogP contribution in [0.5, 0.6) is 0 Å². The number of furan rings is 1. The van der Waals surface area contributed by atoms with Gasteiger partial charge in [-0.25, -0.2) is 0 Å². The van der Waals surface area contributed by atoms with E-state index in [0.29, 0.717) is 18.1 Å². The molecule has 0 radical (unpaired) electrons. The third-order valence-electron chi connectivity index (χ3n) is 3.40. The van der Waals surface area contributed by atoms with Crippen molar-refractivity contribution < 1.29 is 4.42 Å². The third kappa shape index (κ3) is 3.35. The highest BCUT2D eigenvalue weighted by Gasteiger charge is 2.22. The zero-order valence-corrected chi connectivity index (χ0v) is 9.99. The Balaban J connectivity index is 1.66. The van der Waals surface area contributed by atoms with Gasteiger partial charge < -0.3 is 15.5 Å².